The highest BCUT2D eigenvalue weighted by Gasteiger charge is 2.17. The monoisotopic (exact) mass is 712 g/mol. The molecule has 0 aliphatic carbocycles. The van der Waals surface area contributed by atoms with Crippen molar-refractivity contribution in [3.63, 3.8) is 0 Å². The molecule has 0 N–H and O–H groups in total. The van der Waals surface area contributed by atoms with Crippen molar-refractivity contribution < 1.29 is 52.2 Å². The predicted octanol–water partition coefficient (Wildman–Crippen LogP) is 3.54. The molecule has 0 atom stereocenters. The molecular weight excluding hydrogens is 663 g/mol. The highest BCUT2D eigenvalue weighted by molar-refractivity contribution is 14.1. The van der Waals surface area contributed by atoms with E-state index in [1.54, 1.807) is 30.3 Å². The number of ether oxygens (including phenoxy) is 9. The summed E-state index contributed by atoms with van der Waals surface area (Å²) in [5.41, 5.74) is 0.300. The van der Waals surface area contributed by atoms with Crippen molar-refractivity contribution >= 4 is 34.3 Å². The lowest BCUT2D eigenvalue weighted by Gasteiger charge is -2.09. The molecule has 0 bridgehead atoms. The van der Waals surface area contributed by atoms with Crippen molar-refractivity contribution in [2.75, 3.05) is 117 Å². The zero-order valence-corrected chi connectivity index (χ0v) is 27.0. The van der Waals surface area contributed by atoms with E-state index >= 15 is 0 Å². The van der Waals surface area contributed by atoms with Crippen LogP contribution in [0.3, 0.4) is 0 Å². The molecule has 0 saturated carbocycles. The Balaban J connectivity index is 1.68. The lowest BCUT2D eigenvalue weighted by Crippen LogP contribution is -2.20. The molecule has 42 heavy (non-hydrogen) atoms. The van der Waals surface area contributed by atoms with Crippen molar-refractivity contribution in [3.8, 4) is 0 Å². The van der Waals surface area contributed by atoms with Gasteiger partial charge in [0.2, 0.25) is 0 Å². The van der Waals surface area contributed by atoms with E-state index < -0.39 is 11.8 Å². The highest BCUT2D eigenvalue weighted by atomic mass is 127. The number of rotatable bonds is 32. The van der Waals surface area contributed by atoms with Gasteiger partial charge in [-0.25, -0.2) is 4.79 Å². The Kier molecular flexibility index (Phi) is 28.8. The van der Waals surface area contributed by atoms with Crippen LogP contribution in [0.5, 0.6) is 0 Å². The molecule has 0 aliphatic heterocycles. The van der Waals surface area contributed by atoms with Crippen molar-refractivity contribution in [2.45, 2.75) is 25.7 Å². The quantitative estimate of drug-likeness (QED) is 0.0273. The van der Waals surface area contributed by atoms with Gasteiger partial charge in [-0.1, -0.05) is 65.8 Å². The molecule has 1 rings (SSSR count). The summed E-state index contributed by atoms with van der Waals surface area (Å²) in [6, 6.07) is 8.27. The fraction of sp³-hybridized carbons (Fsp3) is 0.733. The molecular formula is C30H49IO11. The topological polar surface area (TPSA) is 117 Å². The maximum atomic E-state index is 11.9. The Hall–Kier alpha value is -1.23. The van der Waals surface area contributed by atoms with Crippen molar-refractivity contribution in [1.82, 2.24) is 0 Å². The summed E-state index contributed by atoms with van der Waals surface area (Å²) in [5, 5.41) is 0. The maximum Gasteiger partial charge on any atom is 0.379 e. The number of ketones is 1. The standard InChI is InChI=1S/C30H49IO11/c31-10-6-1-2-7-11-34-12-13-35-14-15-36-16-17-37-18-19-38-20-21-39-22-23-40-24-25-41-26-27-42-30(33)29(32)28-8-4-3-5-9-28/h3-5,8-9H,1-2,6-7,10-27H2. The van der Waals surface area contributed by atoms with E-state index in [4.69, 9.17) is 42.6 Å². The number of hydrogen-bond donors (Lipinski definition) is 0. The number of benzene rings is 1. The normalized spacial score (nSPS) is 11.2. The minimum Gasteiger partial charge on any atom is -0.457 e. The zero-order valence-electron chi connectivity index (χ0n) is 24.8. The van der Waals surface area contributed by atoms with Crippen molar-refractivity contribution in [3.05, 3.63) is 35.9 Å². The Morgan fingerprint density at radius 2 is 0.810 bits per heavy atom. The highest BCUT2D eigenvalue weighted by Crippen LogP contribution is 2.03. The zero-order chi connectivity index (χ0) is 30.2. The van der Waals surface area contributed by atoms with Gasteiger partial charge in [-0.3, -0.25) is 4.79 Å². The molecule has 0 unspecified atom stereocenters. The molecule has 11 nitrogen and oxygen atoms in total. The summed E-state index contributed by atoms with van der Waals surface area (Å²) < 4.78 is 49.7. The van der Waals surface area contributed by atoms with Crippen LogP contribution in [-0.4, -0.2) is 128 Å². The van der Waals surface area contributed by atoms with Gasteiger partial charge in [-0.05, 0) is 17.3 Å². The van der Waals surface area contributed by atoms with Crippen LogP contribution >= 0.6 is 22.6 Å². The van der Waals surface area contributed by atoms with Crippen LogP contribution in [-0.2, 0) is 47.4 Å². The molecule has 0 spiro atoms. The van der Waals surface area contributed by atoms with E-state index in [0.717, 1.165) is 13.0 Å². The van der Waals surface area contributed by atoms with E-state index in [-0.39, 0.29) is 13.2 Å². The number of alkyl halides is 1. The second-order valence-electron chi connectivity index (χ2n) is 8.83. The van der Waals surface area contributed by atoms with Gasteiger partial charge >= 0.3 is 5.97 Å². The summed E-state index contributed by atoms with van der Waals surface area (Å²) >= 11 is 2.41. The van der Waals surface area contributed by atoms with Gasteiger partial charge in [0.1, 0.15) is 6.61 Å². The molecule has 0 fully saturated rings. The summed E-state index contributed by atoms with van der Waals surface area (Å²) in [6.45, 7) is 7.94. The third-order valence-electron chi connectivity index (χ3n) is 5.46. The van der Waals surface area contributed by atoms with Crippen LogP contribution in [0, 0.1) is 0 Å². The van der Waals surface area contributed by atoms with Gasteiger partial charge in [-0.15, -0.1) is 0 Å². The molecule has 12 heteroatoms. The third kappa shape index (κ3) is 25.3. The molecule has 0 heterocycles. The lowest BCUT2D eigenvalue weighted by atomic mass is 10.1. The minimum absolute atomic E-state index is 0.00458. The number of Topliss-reactive ketones (excluding diaryl/α,β-unsaturated/α-hetero) is 1. The molecule has 0 amide bonds. The summed E-state index contributed by atoms with van der Waals surface area (Å²) in [6.07, 6.45) is 4.95. The van der Waals surface area contributed by atoms with Gasteiger partial charge in [0.15, 0.2) is 0 Å². The van der Waals surface area contributed by atoms with Gasteiger partial charge in [0.25, 0.3) is 5.78 Å². The lowest BCUT2D eigenvalue weighted by molar-refractivity contribution is -0.139. The van der Waals surface area contributed by atoms with Crippen LogP contribution in [0.2, 0.25) is 0 Å². The second kappa shape index (κ2) is 31.2. The Morgan fingerprint density at radius 1 is 0.452 bits per heavy atom. The first-order valence-electron chi connectivity index (χ1n) is 14.7. The minimum atomic E-state index is -0.892. The predicted molar refractivity (Wildman–Crippen MR) is 166 cm³/mol. The number of esters is 1. The Morgan fingerprint density at radius 3 is 1.21 bits per heavy atom. The first-order valence-corrected chi connectivity index (χ1v) is 16.2. The SMILES string of the molecule is O=C(OCCOCCOCCOCCOCCOCCOCCOCCOCCCCCCI)C(=O)c1ccccc1. The van der Waals surface area contributed by atoms with Crippen molar-refractivity contribution in [2.24, 2.45) is 0 Å². The Labute approximate surface area is 264 Å². The first kappa shape index (κ1) is 38.8. The van der Waals surface area contributed by atoms with Crippen molar-refractivity contribution in [1.29, 1.82) is 0 Å². The van der Waals surface area contributed by atoms with Gasteiger partial charge in [0, 0.05) is 12.2 Å². The number of carbonyl (C=O) groups excluding carboxylic acids is 2. The third-order valence-corrected chi connectivity index (χ3v) is 6.22. The molecule has 0 saturated heterocycles. The molecule has 1 aromatic rings. The Bertz CT molecular complexity index is 739. The molecule has 0 radical (unpaired) electrons. The van der Waals surface area contributed by atoms with E-state index in [0.29, 0.717) is 98.1 Å². The van der Waals surface area contributed by atoms with Gasteiger partial charge < -0.3 is 42.6 Å². The molecule has 242 valence electrons. The average Bonchev–Trinajstić information content (AvgIpc) is 3.02. The van der Waals surface area contributed by atoms with Crippen LogP contribution < -0.4 is 0 Å². The number of carbonyl (C=O) groups is 2. The van der Waals surface area contributed by atoms with Crippen LogP contribution in [0.25, 0.3) is 0 Å². The van der Waals surface area contributed by atoms with Crippen LogP contribution in [0.15, 0.2) is 30.3 Å². The van der Waals surface area contributed by atoms with E-state index in [1.165, 1.54) is 23.7 Å². The summed E-state index contributed by atoms with van der Waals surface area (Å²) in [4.78, 5) is 23.6. The van der Waals surface area contributed by atoms with Crippen LogP contribution in [0.1, 0.15) is 36.0 Å². The largest absolute Gasteiger partial charge is 0.457 e. The van der Waals surface area contributed by atoms with Gasteiger partial charge in [-0.2, -0.15) is 0 Å². The number of unbranched alkanes of at least 4 members (excludes halogenated alkanes) is 3. The van der Waals surface area contributed by atoms with Crippen LogP contribution in [0.4, 0.5) is 0 Å². The fourth-order valence-corrected chi connectivity index (χ4v) is 3.80. The van der Waals surface area contributed by atoms with E-state index in [9.17, 15) is 9.59 Å². The summed E-state index contributed by atoms with van der Waals surface area (Å²) in [7, 11) is 0. The van der Waals surface area contributed by atoms with Gasteiger partial charge in [0.05, 0.1) is 99.1 Å². The average molecular weight is 713 g/mol. The smallest absolute Gasteiger partial charge is 0.379 e. The molecule has 1 aromatic carbocycles. The van der Waals surface area contributed by atoms with E-state index in [1.807, 2.05) is 0 Å². The second-order valence-corrected chi connectivity index (χ2v) is 9.91. The maximum absolute atomic E-state index is 11.9. The molecule has 0 aromatic heterocycles. The van der Waals surface area contributed by atoms with E-state index in [2.05, 4.69) is 22.6 Å². The first-order chi connectivity index (χ1) is 20.8. The molecule has 0 aliphatic rings. The number of halogens is 1. The summed E-state index contributed by atoms with van der Waals surface area (Å²) in [5.74, 6) is -1.56. The number of hydrogen-bond acceptors (Lipinski definition) is 11. The fourth-order valence-electron chi connectivity index (χ4n) is 3.26.